The molecule has 0 aliphatic rings. The largest absolute Gasteiger partial charge is 0.503 e. The van der Waals surface area contributed by atoms with Gasteiger partial charge in [0.15, 0.2) is 5.75 Å². The Kier molecular flexibility index (Phi) is 4.50. The van der Waals surface area contributed by atoms with E-state index >= 15 is 0 Å². The van der Waals surface area contributed by atoms with Crippen molar-refractivity contribution >= 4 is 0 Å². The summed E-state index contributed by atoms with van der Waals surface area (Å²) in [7, 11) is 0. The van der Waals surface area contributed by atoms with Crippen LogP contribution in [0.3, 0.4) is 0 Å². The Balaban J connectivity index is 0.00000128. The first kappa shape index (κ1) is 12.7. The summed E-state index contributed by atoms with van der Waals surface area (Å²) in [6.45, 7) is 0.480. The van der Waals surface area contributed by atoms with Gasteiger partial charge in [-0.1, -0.05) is 30.3 Å². The quantitative estimate of drug-likeness (QED) is 0.854. The second-order valence-corrected chi connectivity index (χ2v) is 3.31. The van der Waals surface area contributed by atoms with Gasteiger partial charge in [-0.2, -0.15) is 0 Å². The van der Waals surface area contributed by atoms with E-state index in [4.69, 9.17) is 0 Å². The van der Waals surface area contributed by atoms with E-state index in [9.17, 15) is 9.90 Å². The van der Waals surface area contributed by atoms with Crippen molar-refractivity contribution in [1.29, 1.82) is 0 Å². The minimum atomic E-state index is -0.360. The SMILES string of the molecule is O=c1c(O)cccn1Cc1ccccc1.[W]. The van der Waals surface area contributed by atoms with Gasteiger partial charge in [0, 0.05) is 27.3 Å². The van der Waals surface area contributed by atoms with Gasteiger partial charge < -0.3 is 9.67 Å². The second-order valence-electron chi connectivity index (χ2n) is 3.31. The average Bonchev–Trinajstić information content (AvgIpc) is 2.26. The van der Waals surface area contributed by atoms with Gasteiger partial charge in [0.05, 0.1) is 6.54 Å². The molecular weight excluding hydrogens is 374 g/mol. The molecule has 0 unspecified atom stereocenters. The molecule has 1 aromatic heterocycles. The van der Waals surface area contributed by atoms with Crippen molar-refractivity contribution in [3.63, 3.8) is 0 Å². The normalized spacial score (nSPS) is 9.50. The van der Waals surface area contributed by atoms with Crippen molar-refractivity contribution in [3.8, 4) is 5.75 Å². The number of aromatic hydroxyl groups is 1. The van der Waals surface area contributed by atoms with Crippen LogP contribution in [0.25, 0.3) is 0 Å². The van der Waals surface area contributed by atoms with Crippen molar-refractivity contribution in [2.75, 3.05) is 0 Å². The molecule has 1 aromatic carbocycles. The molecule has 1 heterocycles. The van der Waals surface area contributed by atoms with E-state index in [1.54, 1.807) is 12.3 Å². The van der Waals surface area contributed by atoms with Crippen LogP contribution in [0.4, 0.5) is 0 Å². The Bertz CT molecular complexity index is 508. The Morgan fingerprint density at radius 2 is 1.75 bits per heavy atom. The molecule has 1 N–H and O–H groups in total. The van der Waals surface area contributed by atoms with Gasteiger partial charge in [0.25, 0.3) is 5.56 Å². The van der Waals surface area contributed by atoms with Crippen LogP contribution in [0.2, 0.25) is 0 Å². The molecule has 0 saturated carbocycles. The molecule has 0 atom stereocenters. The van der Waals surface area contributed by atoms with Crippen molar-refractivity contribution in [2.24, 2.45) is 0 Å². The van der Waals surface area contributed by atoms with Gasteiger partial charge >= 0.3 is 0 Å². The molecule has 0 spiro atoms. The minimum Gasteiger partial charge on any atom is -0.503 e. The summed E-state index contributed by atoms with van der Waals surface area (Å²) < 4.78 is 1.48. The van der Waals surface area contributed by atoms with Crippen molar-refractivity contribution in [1.82, 2.24) is 4.57 Å². The summed E-state index contributed by atoms with van der Waals surface area (Å²) in [4.78, 5) is 11.5. The van der Waals surface area contributed by atoms with Crippen LogP contribution in [0.5, 0.6) is 5.75 Å². The average molecular weight is 385 g/mol. The summed E-state index contributed by atoms with van der Waals surface area (Å²) in [6.07, 6.45) is 1.66. The van der Waals surface area contributed by atoms with E-state index in [0.717, 1.165) is 5.56 Å². The Hall–Kier alpha value is -1.34. The second kappa shape index (κ2) is 5.66. The molecule has 0 aliphatic heterocycles. The third-order valence-corrected chi connectivity index (χ3v) is 2.20. The van der Waals surface area contributed by atoms with Crippen LogP contribution in [0.15, 0.2) is 53.5 Å². The third-order valence-electron chi connectivity index (χ3n) is 2.20. The van der Waals surface area contributed by atoms with Gasteiger partial charge in [-0.3, -0.25) is 4.79 Å². The fourth-order valence-corrected chi connectivity index (χ4v) is 1.43. The topological polar surface area (TPSA) is 42.2 Å². The molecule has 82 valence electrons. The number of rotatable bonds is 2. The summed E-state index contributed by atoms with van der Waals surface area (Å²) in [6, 6.07) is 12.7. The molecule has 4 heteroatoms. The predicted octanol–water partition coefficient (Wildman–Crippen LogP) is 1.60. The van der Waals surface area contributed by atoms with Crippen LogP contribution in [-0.2, 0) is 27.6 Å². The number of hydrogen-bond acceptors (Lipinski definition) is 2. The minimum absolute atomic E-state index is 0. The molecule has 0 fully saturated rings. The zero-order valence-electron chi connectivity index (χ0n) is 8.54. The number of hydrogen-bond donors (Lipinski definition) is 1. The fraction of sp³-hybridized carbons (Fsp3) is 0.0833. The predicted molar refractivity (Wildman–Crippen MR) is 57.9 cm³/mol. The van der Waals surface area contributed by atoms with E-state index < -0.39 is 0 Å². The van der Waals surface area contributed by atoms with E-state index in [1.165, 1.54) is 10.6 Å². The van der Waals surface area contributed by atoms with Crippen molar-refractivity contribution < 1.29 is 26.2 Å². The molecule has 0 bridgehead atoms. The van der Waals surface area contributed by atoms with E-state index in [0.29, 0.717) is 6.54 Å². The first-order valence-corrected chi connectivity index (χ1v) is 4.70. The number of nitrogens with zero attached hydrogens (tertiary/aromatic N) is 1. The summed E-state index contributed by atoms with van der Waals surface area (Å²) >= 11 is 0. The maximum absolute atomic E-state index is 11.5. The smallest absolute Gasteiger partial charge is 0.292 e. The molecular formula is C12H11NO2W. The Labute approximate surface area is 108 Å². The van der Waals surface area contributed by atoms with Crippen LogP contribution in [0, 0.1) is 0 Å². The number of pyridine rings is 1. The van der Waals surface area contributed by atoms with Gasteiger partial charge in [-0.15, -0.1) is 0 Å². The molecule has 2 aromatic rings. The molecule has 0 saturated heterocycles. The first-order chi connectivity index (χ1) is 7.27. The Morgan fingerprint density at radius 1 is 1.06 bits per heavy atom. The van der Waals surface area contributed by atoms with Gasteiger partial charge in [0.2, 0.25) is 0 Å². The summed E-state index contributed by atoms with van der Waals surface area (Å²) in [5.41, 5.74) is 0.673. The summed E-state index contributed by atoms with van der Waals surface area (Å²) in [5, 5.41) is 9.24. The molecule has 16 heavy (non-hydrogen) atoms. The van der Waals surface area contributed by atoms with Crippen LogP contribution >= 0.6 is 0 Å². The fourth-order valence-electron chi connectivity index (χ4n) is 1.43. The van der Waals surface area contributed by atoms with Crippen molar-refractivity contribution in [2.45, 2.75) is 6.54 Å². The monoisotopic (exact) mass is 385 g/mol. The number of aromatic nitrogens is 1. The standard InChI is InChI=1S/C12H11NO2.W/c14-11-7-4-8-13(12(11)15)9-10-5-2-1-3-6-10;/h1-8,14H,9H2;. The molecule has 0 radical (unpaired) electrons. The van der Waals surface area contributed by atoms with Crippen molar-refractivity contribution in [3.05, 3.63) is 64.6 Å². The zero-order chi connectivity index (χ0) is 10.7. The van der Waals surface area contributed by atoms with Crippen LogP contribution in [0.1, 0.15) is 5.56 Å². The van der Waals surface area contributed by atoms with Crippen LogP contribution in [-0.4, -0.2) is 9.67 Å². The van der Waals surface area contributed by atoms with E-state index in [-0.39, 0.29) is 32.4 Å². The maximum Gasteiger partial charge on any atom is 0.292 e. The maximum atomic E-state index is 11.5. The van der Waals surface area contributed by atoms with Gasteiger partial charge in [0.1, 0.15) is 0 Å². The van der Waals surface area contributed by atoms with Gasteiger partial charge in [-0.25, -0.2) is 0 Å². The zero-order valence-corrected chi connectivity index (χ0v) is 11.5. The summed E-state index contributed by atoms with van der Waals surface area (Å²) in [5.74, 6) is -0.214. The molecule has 0 amide bonds. The third kappa shape index (κ3) is 2.83. The molecule has 2 rings (SSSR count). The molecule has 3 nitrogen and oxygen atoms in total. The first-order valence-electron chi connectivity index (χ1n) is 4.70. The van der Waals surface area contributed by atoms with E-state index in [2.05, 4.69) is 0 Å². The van der Waals surface area contributed by atoms with Crippen LogP contribution < -0.4 is 5.56 Å². The molecule has 0 aliphatic carbocycles. The number of benzene rings is 1. The Morgan fingerprint density at radius 3 is 2.44 bits per heavy atom. The van der Waals surface area contributed by atoms with E-state index in [1.807, 2.05) is 30.3 Å². The van der Waals surface area contributed by atoms with Gasteiger partial charge in [-0.05, 0) is 17.7 Å².